The normalized spacial score (nSPS) is 10.9. The fourth-order valence-corrected chi connectivity index (χ4v) is 2.63. The van der Waals surface area contributed by atoms with Crippen LogP contribution in [0.1, 0.15) is 44.2 Å². The molecule has 0 aliphatic carbocycles. The molecule has 1 heterocycles. The monoisotopic (exact) mass is 300 g/mol. The van der Waals surface area contributed by atoms with Gasteiger partial charge in [-0.2, -0.15) is 0 Å². The van der Waals surface area contributed by atoms with Crippen LogP contribution in [-0.4, -0.2) is 22.3 Å². The average molecular weight is 300 g/mol. The number of amides is 1. The largest absolute Gasteiger partial charge is 0.338 e. The summed E-state index contributed by atoms with van der Waals surface area (Å²) in [7, 11) is 0. The van der Waals surface area contributed by atoms with Gasteiger partial charge in [0.1, 0.15) is 0 Å². The van der Waals surface area contributed by atoms with Gasteiger partial charge in [-0.15, -0.1) is 0 Å². The van der Waals surface area contributed by atoms with E-state index in [1.165, 1.54) is 0 Å². The van der Waals surface area contributed by atoms with E-state index in [4.69, 9.17) is 0 Å². The summed E-state index contributed by atoms with van der Waals surface area (Å²) in [6, 6.07) is 7.85. The molecule has 1 amide bonds. The predicted octanol–water partition coefficient (Wildman–Crippen LogP) is 3.38. The van der Waals surface area contributed by atoms with Crippen molar-refractivity contribution in [2.45, 2.75) is 46.6 Å². The summed E-state index contributed by atoms with van der Waals surface area (Å²) in [4.78, 5) is 29.1. The Hall–Kier alpha value is -2.10. The van der Waals surface area contributed by atoms with Crippen molar-refractivity contribution in [3.05, 3.63) is 45.7 Å². The second-order valence-corrected chi connectivity index (χ2v) is 5.78. The molecule has 4 nitrogen and oxygen atoms in total. The summed E-state index contributed by atoms with van der Waals surface area (Å²) < 4.78 is 0. The molecule has 22 heavy (non-hydrogen) atoms. The Balaban J connectivity index is 2.33. The zero-order chi connectivity index (χ0) is 16.1. The Morgan fingerprint density at radius 3 is 2.64 bits per heavy atom. The van der Waals surface area contributed by atoms with Crippen LogP contribution in [0.25, 0.3) is 10.9 Å². The number of aryl methyl sites for hydroxylation is 1. The second-order valence-electron chi connectivity index (χ2n) is 5.78. The van der Waals surface area contributed by atoms with Crippen molar-refractivity contribution in [1.29, 1.82) is 0 Å². The summed E-state index contributed by atoms with van der Waals surface area (Å²) in [5.74, 6) is 0.119. The minimum Gasteiger partial charge on any atom is -0.338 e. The van der Waals surface area contributed by atoms with Gasteiger partial charge < -0.3 is 9.88 Å². The first-order valence-corrected chi connectivity index (χ1v) is 7.95. The molecule has 4 heteroatoms. The number of nitrogens with one attached hydrogen (secondary N) is 1. The van der Waals surface area contributed by atoms with Gasteiger partial charge in [-0.25, -0.2) is 0 Å². The molecular weight excluding hydrogens is 276 g/mol. The standard InChI is InChI=1S/C18H24N2O2/c1-4-6-17(21)20(9-5-2)12-15-11-14-10-13(3)7-8-16(14)19-18(15)22/h7-8,10-11H,4-6,9,12H2,1-3H3,(H,19,22). The van der Waals surface area contributed by atoms with E-state index in [2.05, 4.69) is 4.98 Å². The van der Waals surface area contributed by atoms with Crippen molar-refractivity contribution < 1.29 is 4.79 Å². The van der Waals surface area contributed by atoms with Gasteiger partial charge >= 0.3 is 0 Å². The van der Waals surface area contributed by atoms with E-state index in [-0.39, 0.29) is 11.5 Å². The second kappa shape index (κ2) is 7.25. The van der Waals surface area contributed by atoms with Crippen molar-refractivity contribution in [2.24, 2.45) is 0 Å². The minimum absolute atomic E-state index is 0.109. The lowest BCUT2D eigenvalue weighted by Gasteiger charge is -2.22. The number of aromatic amines is 1. The molecule has 0 aliphatic heterocycles. The van der Waals surface area contributed by atoms with Crippen molar-refractivity contribution in [1.82, 2.24) is 9.88 Å². The molecule has 0 spiro atoms. The molecule has 0 unspecified atom stereocenters. The number of fused-ring (bicyclic) bond motifs is 1. The van der Waals surface area contributed by atoms with Crippen LogP contribution in [0.15, 0.2) is 29.1 Å². The first-order chi connectivity index (χ1) is 10.5. The summed E-state index contributed by atoms with van der Waals surface area (Å²) in [5, 5.41) is 1.01. The molecule has 2 rings (SSSR count). The van der Waals surface area contributed by atoms with Crippen LogP contribution in [0.5, 0.6) is 0 Å². The number of pyridine rings is 1. The Bertz CT molecular complexity index is 719. The number of rotatable bonds is 6. The highest BCUT2D eigenvalue weighted by Crippen LogP contribution is 2.14. The molecule has 0 radical (unpaired) electrons. The number of benzene rings is 1. The van der Waals surface area contributed by atoms with E-state index >= 15 is 0 Å². The van der Waals surface area contributed by atoms with Crippen LogP contribution >= 0.6 is 0 Å². The van der Waals surface area contributed by atoms with Gasteiger partial charge in [0.05, 0.1) is 6.54 Å². The van der Waals surface area contributed by atoms with Gasteiger partial charge in [0.2, 0.25) is 5.91 Å². The number of hydrogen-bond acceptors (Lipinski definition) is 2. The third kappa shape index (κ3) is 3.75. The van der Waals surface area contributed by atoms with E-state index in [1.54, 1.807) is 4.90 Å². The number of carbonyl (C=O) groups is 1. The van der Waals surface area contributed by atoms with Crippen LogP contribution in [0.3, 0.4) is 0 Å². The average Bonchev–Trinajstić information content (AvgIpc) is 2.48. The molecule has 0 fully saturated rings. The highest BCUT2D eigenvalue weighted by molar-refractivity contribution is 5.80. The summed E-state index contributed by atoms with van der Waals surface area (Å²) in [6.45, 7) is 7.13. The van der Waals surface area contributed by atoms with Crippen LogP contribution in [0.4, 0.5) is 0 Å². The molecule has 1 N–H and O–H groups in total. The van der Waals surface area contributed by atoms with Crippen LogP contribution < -0.4 is 5.56 Å². The highest BCUT2D eigenvalue weighted by atomic mass is 16.2. The van der Waals surface area contributed by atoms with Gasteiger partial charge in [-0.05, 0) is 43.4 Å². The number of aromatic nitrogens is 1. The fraction of sp³-hybridized carbons (Fsp3) is 0.444. The van der Waals surface area contributed by atoms with Gasteiger partial charge in [0, 0.05) is 24.0 Å². The fourth-order valence-electron chi connectivity index (χ4n) is 2.63. The van der Waals surface area contributed by atoms with E-state index < -0.39 is 0 Å². The lowest BCUT2D eigenvalue weighted by molar-refractivity contribution is -0.131. The molecule has 1 aromatic heterocycles. The number of nitrogens with zero attached hydrogens (tertiary/aromatic N) is 1. The molecule has 1 aromatic carbocycles. The van der Waals surface area contributed by atoms with Crippen LogP contribution in [0, 0.1) is 6.92 Å². The Kier molecular flexibility index (Phi) is 5.36. The van der Waals surface area contributed by atoms with Gasteiger partial charge in [0.25, 0.3) is 5.56 Å². The van der Waals surface area contributed by atoms with Crippen molar-refractivity contribution in [2.75, 3.05) is 6.54 Å². The Labute approximate surface area is 131 Å². The molecule has 0 saturated carbocycles. The molecule has 0 aliphatic rings. The third-order valence-electron chi connectivity index (χ3n) is 3.75. The SMILES string of the molecule is CCCC(=O)N(CCC)Cc1cc2cc(C)ccc2[nH]c1=O. The zero-order valence-corrected chi connectivity index (χ0v) is 13.6. The molecule has 118 valence electrons. The topological polar surface area (TPSA) is 53.2 Å². The number of carbonyl (C=O) groups excluding carboxylic acids is 1. The van der Waals surface area contributed by atoms with Gasteiger partial charge in [-0.3, -0.25) is 9.59 Å². The maximum atomic E-state index is 12.2. The first-order valence-electron chi connectivity index (χ1n) is 7.95. The lowest BCUT2D eigenvalue weighted by Crippen LogP contribution is -2.33. The molecule has 0 atom stereocenters. The van der Waals surface area contributed by atoms with Crippen LogP contribution in [-0.2, 0) is 11.3 Å². The minimum atomic E-state index is -0.109. The smallest absolute Gasteiger partial charge is 0.253 e. The Morgan fingerprint density at radius 2 is 1.95 bits per heavy atom. The quantitative estimate of drug-likeness (QED) is 0.889. The van der Waals surface area contributed by atoms with E-state index in [1.807, 2.05) is 45.0 Å². The summed E-state index contributed by atoms with van der Waals surface area (Å²) in [5.41, 5.74) is 2.53. The lowest BCUT2D eigenvalue weighted by atomic mass is 10.1. The van der Waals surface area contributed by atoms with E-state index in [9.17, 15) is 9.59 Å². The number of H-pyrrole nitrogens is 1. The maximum Gasteiger partial charge on any atom is 0.253 e. The van der Waals surface area contributed by atoms with Crippen molar-refractivity contribution in [3.63, 3.8) is 0 Å². The first kappa shape index (κ1) is 16.3. The van der Waals surface area contributed by atoms with E-state index in [0.29, 0.717) is 25.1 Å². The van der Waals surface area contributed by atoms with Crippen molar-refractivity contribution in [3.8, 4) is 0 Å². The molecule has 0 bridgehead atoms. The zero-order valence-electron chi connectivity index (χ0n) is 13.6. The van der Waals surface area contributed by atoms with Gasteiger partial charge in [0.15, 0.2) is 0 Å². The maximum absolute atomic E-state index is 12.2. The van der Waals surface area contributed by atoms with E-state index in [0.717, 1.165) is 29.3 Å². The van der Waals surface area contributed by atoms with Crippen LogP contribution in [0.2, 0.25) is 0 Å². The third-order valence-corrected chi connectivity index (χ3v) is 3.75. The molecule has 2 aromatic rings. The Morgan fingerprint density at radius 1 is 1.18 bits per heavy atom. The summed E-state index contributed by atoms with van der Waals surface area (Å²) >= 11 is 0. The molecule has 0 saturated heterocycles. The highest BCUT2D eigenvalue weighted by Gasteiger charge is 2.14. The predicted molar refractivity (Wildman–Crippen MR) is 89.9 cm³/mol. The molecular formula is C18H24N2O2. The summed E-state index contributed by atoms with van der Waals surface area (Å²) in [6.07, 6.45) is 2.25. The number of hydrogen-bond donors (Lipinski definition) is 1. The van der Waals surface area contributed by atoms with Crippen molar-refractivity contribution >= 4 is 16.8 Å². The van der Waals surface area contributed by atoms with Gasteiger partial charge in [-0.1, -0.05) is 25.5 Å².